The lowest BCUT2D eigenvalue weighted by molar-refractivity contribution is 0.431. The molecule has 0 fully saturated rings. The van der Waals surface area contributed by atoms with Crippen molar-refractivity contribution in [1.29, 1.82) is 0 Å². The molecule has 0 saturated heterocycles. The minimum absolute atomic E-state index is 0.110. The molecule has 7 heteroatoms. The van der Waals surface area contributed by atoms with Crippen molar-refractivity contribution in [2.75, 3.05) is 0 Å². The molecule has 0 bridgehead atoms. The Balaban J connectivity index is 1.99. The molecule has 20 heavy (non-hydrogen) atoms. The van der Waals surface area contributed by atoms with Crippen LogP contribution in [0.25, 0.3) is 22.8 Å². The molecule has 4 nitrogen and oxygen atoms in total. The Morgan fingerprint density at radius 2 is 1.80 bits per heavy atom. The molecule has 100 valence electrons. The average Bonchev–Trinajstić information content (AvgIpc) is 2.89. The summed E-state index contributed by atoms with van der Waals surface area (Å²) in [5, 5.41) is 4.14. The van der Waals surface area contributed by atoms with Crippen molar-refractivity contribution in [3.63, 3.8) is 0 Å². The van der Waals surface area contributed by atoms with E-state index in [0.29, 0.717) is 16.5 Å². The highest BCUT2D eigenvalue weighted by atomic mass is 35.5. The second-order valence-corrected chi connectivity index (χ2v) is 4.36. The van der Waals surface area contributed by atoms with Gasteiger partial charge in [-0.25, -0.2) is 18.7 Å². The second-order valence-electron chi connectivity index (χ2n) is 3.93. The predicted octanol–water partition coefficient (Wildman–Crippen LogP) is 3.73. The van der Waals surface area contributed by atoms with E-state index in [9.17, 15) is 8.78 Å². The van der Waals surface area contributed by atoms with Crippen molar-refractivity contribution in [1.82, 2.24) is 15.1 Å². The molecule has 3 rings (SSSR count). The molecule has 0 radical (unpaired) electrons. The third-order valence-electron chi connectivity index (χ3n) is 2.56. The van der Waals surface area contributed by atoms with Gasteiger partial charge in [0.2, 0.25) is 0 Å². The fourth-order valence-corrected chi connectivity index (χ4v) is 1.74. The first-order valence-corrected chi connectivity index (χ1v) is 5.91. The standard InChI is InChI=1S/C13H6ClF2N3O/c14-7-5-17-13(18-6-7)11-4-12(20-19-11)9-2-1-8(15)3-10(9)16/h1-6H. The monoisotopic (exact) mass is 293 g/mol. The molecule has 2 aromatic heterocycles. The van der Waals surface area contributed by atoms with Crippen LogP contribution in [0.5, 0.6) is 0 Å². The van der Waals surface area contributed by atoms with Gasteiger partial charge in [-0.2, -0.15) is 0 Å². The maximum atomic E-state index is 13.6. The third-order valence-corrected chi connectivity index (χ3v) is 2.75. The number of halogens is 3. The molecule has 0 spiro atoms. The summed E-state index contributed by atoms with van der Waals surface area (Å²) in [5.41, 5.74) is 0.444. The Kier molecular flexibility index (Phi) is 3.15. The number of rotatable bonds is 2. The highest BCUT2D eigenvalue weighted by molar-refractivity contribution is 6.30. The van der Waals surface area contributed by atoms with E-state index in [2.05, 4.69) is 15.1 Å². The molecule has 0 unspecified atom stereocenters. The normalized spacial score (nSPS) is 10.8. The summed E-state index contributed by atoms with van der Waals surface area (Å²) in [4.78, 5) is 7.95. The zero-order valence-electron chi connectivity index (χ0n) is 9.85. The minimum Gasteiger partial charge on any atom is -0.355 e. The maximum absolute atomic E-state index is 13.6. The van der Waals surface area contributed by atoms with Gasteiger partial charge in [-0.15, -0.1) is 0 Å². The largest absolute Gasteiger partial charge is 0.355 e. The van der Waals surface area contributed by atoms with Gasteiger partial charge >= 0.3 is 0 Å². The lowest BCUT2D eigenvalue weighted by Crippen LogP contribution is -1.87. The van der Waals surface area contributed by atoms with E-state index in [1.165, 1.54) is 24.5 Å². The van der Waals surface area contributed by atoms with Crippen molar-refractivity contribution < 1.29 is 13.3 Å². The summed E-state index contributed by atoms with van der Waals surface area (Å²) in [6.45, 7) is 0. The van der Waals surface area contributed by atoms with Gasteiger partial charge in [0.05, 0.1) is 10.6 Å². The van der Waals surface area contributed by atoms with Gasteiger partial charge < -0.3 is 4.52 Å². The first kappa shape index (κ1) is 12.7. The number of benzene rings is 1. The zero-order valence-corrected chi connectivity index (χ0v) is 10.6. The Bertz CT molecular complexity index is 759. The summed E-state index contributed by atoms with van der Waals surface area (Å²) in [6.07, 6.45) is 2.83. The summed E-state index contributed by atoms with van der Waals surface area (Å²) in [5.74, 6) is -0.931. The van der Waals surface area contributed by atoms with Crippen LogP contribution in [0.15, 0.2) is 41.2 Å². The Morgan fingerprint density at radius 3 is 2.50 bits per heavy atom. The molecule has 2 heterocycles. The van der Waals surface area contributed by atoms with Crippen molar-refractivity contribution in [3.05, 3.63) is 53.3 Å². The Morgan fingerprint density at radius 1 is 1.05 bits per heavy atom. The molecule has 0 saturated carbocycles. The maximum Gasteiger partial charge on any atom is 0.181 e. The predicted molar refractivity (Wildman–Crippen MR) is 67.9 cm³/mol. The summed E-state index contributed by atoms with van der Waals surface area (Å²) in [7, 11) is 0. The van der Waals surface area contributed by atoms with Gasteiger partial charge in [0.1, 0.15) is 11.6 Å². The topological polar surface area (TPSA) is 51.8 Å². The van der Waals surface area contributed by atoms with Gasteiger partial charge in [-0.1, -0.05) is 16.8 Å². The molecular formula is C13H6ClF2N3O. The van der Waals surface area contributed by atoms with Crippen LogP contribution in [0.2, 0.25) is 5.02 Å². The van der Waals surface area contributed by atoms with Crippen LogP contribution in [0, 0.1) is 11.6 Å². The van der Waals surface area contributed by atoms with Gasteiger partial charge in [0.15, 0.2) is 17.3 Å². The highest BCUT2D eigenvalue weighted by Crippen LogP contribution is 2.26. The fraction of sp³-hybridized carbons (Fsp3) is 0. The molecule has 0 atom stereocenters. The first-order valence-electron chi connectivity index (χ1n) is 5.53. The quantitative estimate of drug-likeness (QED) is 0.722. The summed E-state index contributed by atoms with van der Waals surface area (Å²) < 4.78 is 31.5. The lowest BCUT2D eigenvalue weighted by Gasteiger charge is -1.97. The van der Waals surface area contributed by atoms with Crippen molar-refractivity contribution >= 4 is 11.6 Å². The SMILES string of the molecule is Fc1ccc(-c2cc(-c3ncc(Cl)cn3)no2)c(F)c1. The lowest BCUT2D eigenvalue weighted by atomic mass is 10.1. The van der Waals surface area contributed by atoms with Gasteiger partial charge in [-0.3, -0.25) is 0 Å². The number of nitrogens with zero attached hydrogens (tertiary/aromatic N) is 3. The van der Waals surface area contributed by atoms with Crippen molar-refractivity contribution in [2.45, 2.75) is 0 Å². The van der Waals surface area contributed by atoms with E-state index in [1.807, 2.05) is 0 Å². The van der Waals surface area contributed by atoms with Crippen molar-refractivity contribution in [2.24, 2.45) is 0 Å². The first-order chi connectivity index (χ1) is 9.63. The van der Waals surface area contributed by atoms with E-state index >= 15 is 0 Å². The number of aromatic nitrogens is 3. The van der Waals surface area contributed by atoms with Crippen LogP contribution in [0.4, 0.5) is 8.78 Å². The van der Waals surface area contributed by atoms with Crippen LogP contribution in [0.3, 0.4) is 0 Å². The third kappa shape index (κ3) is 2.37. The molecule has 0 aliphatic heterocycles. The fourth-order valence-electron chi connectivity index (χ4n) is 1.64. The van der Waals surface area contributed by atoms with Crippen molar-refractivity contribution in [3.8, 4) is 22.8 Å². The molecule has 0 aliphatic rings. The van der Waals surface area contributed by atoms with Crippen LogP contribution in [-0.4, -0.2) is 15.1 Å². The van der Waals surface area contributed by atoms with Gasteiger partial charge in [0.25, 0.3) is 0 Å². The summed E-state index contributed by atoms with van der Waals surface area (Å²) in [6, 6.07) is 4.66. The summed E-state index contributed by atoms with van der Waals surface area (Å²) >= 11 is 5.68. The molecule has 1 aromatic carbocycles. The van der Waals surface area contributed by atoms with Gasteiger partial charge in [-0.05, 0) is 12.1 Å². The molecule has 0 N–H and O–H groups in total. The Labute approximate surface area is 117 Å². The number of hydrogen-bond acceptors (Lipinski definition) is 4. The van der Waals surface area contributed by atoms with Crippen LogP contribution < -0.4 is 0 Å². The Hall–Kier alpha value is -2.34. The van der Waals surface area contributed by atoms with Crippen LogP contribution in [0.1, 0.15) is 0 Å². The molecule has 3 aromatic rings. The van der Waals surface area contributed by atoms with E-state index in [4.69, 9.17) is 16.1 Å². The van der Waals surface area contributed by atoms with E-state index in [-0.39, 0.29) is 11.3 Å². The van der Waals surface area contributed by atoms with Crippen LogP contribution >= 0.6 is 11.6 Å². The average molecular weight is 294 g/mol. The second kappa shape index (κ2) is 4.97. The highest BCUT2D eigenvalue weighted by Gasteiger charge is 2.14. The molecular weight excluding hydrogens is 288 g/mol. The van der Waals surface area contributed by atoms with Gasteiger partial charge in [0, 0.05) is 24.5 Å². The van der Waals surface area contributed by atoms with Crippen LogP contribution in [-0.2, 0) is 0 Å². The smallest absolute Gasteiger partial charge is 0.181 e. The molecule has 0 aliphatic carbocycles. The minimum atomic E-state index is -0.732. The zero-order chi connectivity index (χ0) is 14.1. The van der Waals surface area contributed by atoms with E-state index in [0.717, 1.165) is 12.1 Å². The van der Waals surface area contributed by atoms with E-state index in [1.54, 1.807) is 0 Å². The number of hydrogen-bond donors (Lipinski definition) is 0. The molecule has 0 amide bonds. The van der Waals surface area contributed by atoms with E-state index < -0.39 is 11.6 Å².